The van der Waals surface area contributed by atoms with Gasteiger partial charge in [0.25, 0.3) is 0 Å². The Kier molecular flexibility index (Phi) is 11.1. The van der Waals surface area contributed by atoms with Gasteiger partial charge in [-0.1, -0.05) is 76.9 Å². The summed E-state index contributed by atoms with van der Waals surface area (Å²) in [5.41, 5.74) is 5.50. The average Bonchev–Trinajstić information content (AvgIpc) is 3.79. The minimum absolute atomic E-state index is 0.194. The number of halogens is 2. The van der Waals surface area contributed by atoms with Crippen LogP contribution in [0.4, 0.5) is 0 Å². The Hall–Kier alpha value is -3.62. The molecular formula is C47H44Cl2Hf-2. The maximum atomic E-state index is 6.56. The second-order valence-electron chi connectivity index (χ2n) is 15.0. The first-order valence-corrected chi connectivity index (χ1v) is 27.9. The van der Waals surface area contributed by atoms with Gasteiger partial charge in [-0.2, -0.15) is 18.2 Å². The van der Waals surface area contributed by atoms with Crippen LogP contribution in [0.2, 0.25) is 0 Å². The summed E-state index contributed by atoms with van der Waals surface area (Å²) in [6.07, 6.45) is 0. The molecule has 0 aromatic heterocycles. The smallest absolute Gasteiger partial charge is 0.172 e. The molecule has 8 rings (SSSR count). The quantitative estimate of drug-likeness (QED) is 0.120. The van der Waals surface area contributed by atoms with E-state index in [1.54, 1.807) is 0 Å². The van der Waals surface area contributed by atoms with Gasteiger partial charge in [0.1, 0.15) is 0 Å². The minimum atomic E-state index is -2.81. The molecule has 0 heterocycles. The van der Waals surface area contributed by atoms with Crippen molar-refractivity contribution in [3.05, 3.63) is 180 Å². The predicted octanol–water partition coefficient (Wildman–Crippen LogP) is 14.2. The summed E-state index contributed by atoms with van der Waals surface area (Å²) in [7, 11) is 13.1. The zero-order chi connectivity index (χ0) is 35.5. The van der Waals surface area contributed by atoms with Crippen LogP contribution in [-0.2, 0) is 29.4 Å². The van der Waals surface area contributed by atoms with Crippen molar-refractivity contribution in [2.75, 3.05) is 0 Å². The van der Waals surface area contributed by atoms with Crippen molar-refractivity contribution in [1.29, 1.82) is 0 Å². The van der Waals surface area contributed by atoms with Gasteiger partial charge >= 0.3 is 157 Å². The van der Waals surface area contributed by atoms with Gasteiger partial charge in [0.05, 0.1) is 0 Å². The van der Waals surface area contributed by atoms with Crippen LogP contribution in [0.3, 0.4) is 0 Å². The van der Waals surface area contributed by atoms with Crippen molar-refractivity contribution in [3.63, 3.8) is 0 Å². The molecule has 0 atom stereocenters. The van der Waals surface area contributed by atoms with Crippen LogP contribution in [0.5, 0.6) is 0 Å². The molecule has 0 fully saturated rings. The van der Waals surface area contributed by atoms with Crippen molar-refractivity contribution >= 4 is 63.5 Å². The molecule has 0 nitrogen and oxygen atoms in total. The van der Waals surface area contributed by atoms with Crippen molar-refractivity contribution in [2.45, 2.75) is 52.4 Å². The third kappa shape index (κ3) is 8.46. The largest absolute Gasteiger partial charge is 0.214 e. The third-order valence-electron chi connectivity index (χ3n) is 9.26. The molecule has 0 unspecified atom stereocenters. The topological polar surface area (TPSA) is 0 Å². The van der Waals surface area contributed by atoms with Crippen LogP contribution < -0.4 is 0 Å². The third-order valence-corrected chi connectivity index (χ3v) is 15.8. The molecule has 0 aliphatic heterocycles. The van der Waals surface area contributed by atoms with Crippen LogP contribution in [-0.4, -0.2) is 3.26 Å². The zero-order valence-corrected chi connectivity index (χ0v) is 34.9. The maximum absolute atomic E-state index is 6.56. The van der Waals surface area contributed by atoms with Gasteiger partial charge in [0, 0.05) is 0 Å². The predicted molar refractivity (Wildman–Crippen MR) is 219 cm³/mol. The van der Waals surface area contributed by atoms with Crippen LogP contribution in [0.15, 0.2) is 158 Å². The second-order valence-corrected chi connectivity index (χ2v) is 26.4. The van der Waals surface area contributed by atoms with E-state index >= 15 is 0 Å². The summed E-state index contributed by atoms with van der Waals surface area (Å²) < 4.78 is 1.15. The fourth-order valence-electron chi connectivity index (χ4n) is 6.33. The molecule has 0 saturated heterocycles. The Bertz CT molecular complexity index is 2240. The number of hydrogen-bond acceptors (Lipinski definition) is 0. The maximum Gasteiger partial charge on any atom is -0.172 e. The van der Waals surface area contributed by atoms with Gasteiger partial charge in [-0.3, -0.25) is 0 Å². The SMILES string of the molecule is CC(C)(C)c1ccc2[cH-]c3ccc(C(C)(C)C)cc3c2c1.[Cl][Hf]([Cl])=[C](c1ccc2ccccc2c1)c1ccc2ccccc2c1.c1cc[cH-]c1. The molecule has 0 spiro atoms. The van der Waals surface area contributed by atoms with Gasteiger partial charge in [0.15, 0.2) is 0 Å². The summed E-state index contributed by atoms with van der Waals surface area (Å²) in [6, 6.07) is 55.9. The minimum Gasteiger partial charge on any atom is -0.214 e. The molecular weight excluding hydrogens is 814 g/mol. The van der Waals surface area contributed by atoms with E-state index in [2.05, 4.69) is 169 Å². The Morgan fingerprint density at radius 2 is 0.900 bits per heavy atom. The molecule has 50 heavy (non-hydrogen) atoms. The number of fused-ring (bicyclic) bond motifs is 5. The van der Waals surface area contributed by atoms with Crippen LogP contribution >= 0.6 is 17.2 Å². The normalized spacial score (nSPS) is 11.6. The summed E-state index contributed by atoms with van der Waals surface area (Å²) >= 11 is -2.81. The van der Waals surface area contributed by atoms with E-state index in [0.29, 0.717) is 0 Å². The fourth-order valence-corrected chi connectivity index (χ4v) is 12.6. The standard InChI is InChI=1S/C21H14.C21H25.C5H5.2ClH.Hf/c1-3-7-20-14-16(9-11-18(20)5-1)13-17-10-12-19-6-2-4-8-21(19)15-17;1-20(2,3)16-9-7-14-11-15-8-10-17(21(4,5)6)13-19(15)18(14)12-16;1-2-4-5-3-1;;;/h1-12,14-15H;7-13H,1-6H3;1-5H;2*1H;/q;2*-1;;;+2/p-2. The number of benzene rings is 6. The van der Waals surface area contributed by atoms with Gasteiger partial charge < -0.3 is 0 Å². The molecule has 0 radical (unpaired) electrons. The molecule has 0 bridgehead atoms. The Labute approximate surface area is 312 Å². The first-order valence-electron chi connectivity index (χ1n) is 17.2. The molecule has 8 aromatic carbocycles. The van der Waals surface area contributed by atoms with Gasteiger partial charge in [-0.05, 0) is 10.8 Å². The van der Waals surface area contributed by atoms with Crippen molar-refractivity contribution in [3.8, 4) is 0 Å². The molecule has 0 aliphatic rings. The Morgan fingerprint density at radius 3 is 1.26 bits per heavy atom. The van der Waals surface area contributed by atoms with Gasteiger partial charge in [0.2, 0.25) is 0 Å². The van der Waals surface area contributed by atoms with E-state index in [9.17, 15) is 0 Å². The zero-order valence-electron chi connectivity index (χ0n) is 29.8. The van der Waals surface area contributed by atoms with E-state index in [1.165, 1.54) is 54.2 Å². The fraction of sp³-hybridized carbons (Fsp3) is 0.170. The number of hydrogen-bond donors (Lipinski definition) is 0. The molecule has 252 valence electrons. The molecule has 8 aromatic rings. The molecule has 0 saturated carbocycles. The molecule has 3 heteroatoms. The van der Waals surface area contributed by atoms with Crippen molar-refractivity contribution < 1.29 is 18.6 Å². The first kappa shape index (κ1) is 36.2. The van der Waals surface area contributed by atoms with Crippen LogP contribution in [0, 0.1) is 0 Å². The van der Waals surface area contributed by atoms with Crippen molar-refractivity contribution in [1.82, 2.24) is 0 Å². The molecule has 0 amide bonds. The van der Waals surface area contributed by atoms with Crippen LogP contribution in [0.25, 0.3) is 43.1 Å². The van der Waals surface area contributed by atoms with Gasteiger partial charge in [-0.15, -0.1) is 39.7 Å². The second kappa shape index (κ2) is 15.3. The summed E-state index contributed by atoms with van der Waals surface area (Å²) in [5.74, 6) is 0. The van der Waals surface area contributed by atoms with E-state index < -0.39 is 18.6 Å². The molecule has 0 N–H and O–H groups in total. The summed E-state index contributed by atoms with van der Waals surface area (Å²) in [5, 5.41) is 10.4. The van der Waals surface area contributed by atoms with E-state index in [-0.39, 0.29) is 10.8 Å². The van der Waals surface area contributed by atoms with Crippen LogP contribution in [0.1, 0.15) is 63.8 Å². The van der Waals surface area contributed by atoms with E-state index in [0.717, 1.165) is 14.4 Å². The van der Waals surface area contributed by atoms with E-state index in [4.69, 9.17) is 17.2 Å². The monoisotopic (exact) mass is 858 g/mol. The summed E-state index contributed by atoms with van der Waals surface area (Å²) in [6.45, 7) is 13.7. The summed E-state index contributed by atoms with van der Waals surface area (Å²) in [4.78, 5) is 0. The van der Waals surface area contributed by atoms with Crippen molar-refractivity contribution in [2.24, 2.45) is 0 Å². The number of rotatable bonds is 2. The average molecular weight is 858 g/mol. The Morgan fingerprint density at radius 1 is 0.480 bits per heavy atom. The molecule has 0 aliphatic carbocycles. The van der Waals surface area contributed by atoms with E-state index in [1.807, 2.05) is 30.3 Å². The van der Waals surface area contributed by atoms with Gasteiger partial charge in [-0.25, -0.2) is 12.1 Å². The Balaban J connectivity index is 0.000000153. The first-order chi connectivity index (χ1) is 23.9.